The molecule has 21 heavy (non-hydrogen) atoms. The highest BCUT2D eigenvalue weighted by molar-refractivity contribution is 5.53. The van der Waals surface area contributed by atoms with E-state index in [1.54, 1.807) is 6.07 Å². The minimum Gasteiger partial charge on any atom is -0.384 e. The maximum Gasteiger partial charge on any atom is 0.417 e. The van der Waals surface area contributed by atoms with Gasteiger partial charge in [-0.2, -0.15) is 18.4 Å². The number of rotatable bonds is 4. The molecule has 0 atom stereocenters. The van der Waals surface area contributed by atoms with Crippen molar-refractivity contribution in [2.24, 2.45) is 0 Å². The van der Waals surface area contributed by atoms with Crippen LogP contribution in [-0.2, 0) is 10.9 Å². The molecule has 1 aliphatic heterocycles. The molecule has 4 nitrogen and oxygen atoms in total. The van der Waals surface area contributed by atoms with Gasteiger partial charge in [0.2, 0.25) is 0 Å². The van der Waals surface area contributed by atoms with Crippen LogP contribution >= 0.6 is 0 Å². The summed E-state index contributed by atoms with van der Waals surface area (Å²) in [4.78, 5) is 2.19. The molecule has 0 spiro atoms. The zero-order valence-corrected chi connectivity index (χ0v) is 11.4. The summed E-state index contributed by atoms with van der Waals surface area (Å²) in [5, 5.41) is 11.7. The smallest absolute Gasteiger partial charge is 0.384 e. The number of morpholine rings is 1. The maximum absolute atomic E-state index is 12.8. The van der Waals surface area contributed by atoms with Crippen molar-refractivity contribution in [1.82, 2.24) is 4.90 Å². The number of benzene rings is 1. The Hall–Kier alpha value is -1.78. The predicted molar refractivity (Wildman–Crippen MR) is 71.9 cm³/mol. The fourth-order valence-electron chi connectivity index (χ4n) is 2.17. The Bertz CT molecular complexity index is 519. The third-order valence-corrected chi connectivity index (χ3v) is 3.31. The minimum atomic E-state index is -4.52. The fraction of sp³-hybridized carbons (Fsp3) is 0.500. The second kappa shape index (κ2) is 6.78. The molecular weight excluding hydrogens is 283 g/mol. The summed E-state index contributed by atoms with van der Waals surface area (Å²) in [5.41, 5.74) is -0.891. The first-order valence-corrected chi connectivity index (χ1v) is 6.66. The Kier molecular flexibility index (Phi) is 5.04. The van der Waals surface area contributed by atoms with Crippen molar-refractivity contribution in [3.8, 4) is 6.07 Å². The molecule has 114 valence electrons. The van der Waals surface area contributed by atoms with E-state index in [0.717, 1.165) is 25.7 Å². The predicted octanol–water partition coefficient (Wildman–Crippen LogP) is 2.32. The summed E-state index contributed by atoms with van der Waals surface area (Å²) in [7, 11) is 0. The van der Waals surface area contributed by atoms with Crippen LogP contribution in [0.25, 0.3) is 0 Å². The third kappa shape index (κ3) is 4.34. The SMILES string of the molecule is N#Cc1ccc(NCCN2CCOCC2)cc1C(F)(F)F. The van der Waals surface area contributed by atoms with Gasteiger partial charge in [-0.15, -0.1) is 0 Å². The van der Waals surface area contributed by atoms with Gasteiger partial charge >= 0.3 is 6.18 Å². The minimum absolute atomic E-state index is 0.360. The van der Waals surface area contributed by atoms with Crippen LogP contribution in [0.3, 0.4) is 0 Å². The number of alkyl halides is 3. The summed E-state index contributed by atoms with van der Waals surface area (Å²) in [6, 6.07) is 5.24. The molecule has 0 radical (unpaired) electrons. The number of nitriles is 1. The maximum atomic E-state index is 12.8. The molecule has 1 saturated heterocycles. The van der Waals surface area contributed by atoms with E-state index in [2.05, 4.69) is 10.2 Å². The number of nitrogens with zero attached hydrogens (tertiary/aromatic N) is 2. The van der Waals surface area contributed by atoms with Gasteiger partial charge in [-0.3, -0.25) is 4.90 Å². The van der Waals surface area contributed by atoms with Crippen molar-refractivity contribution in [2.45, 2.75) is 6.18 Å². The Morgan fingerprint density at radius 1 is 1.29 bits per heavy atom. The number of anilines is 1. The van der Waals surface area contributed by atoms with E-state index in [1.807, 2.05) is 0 Å². The number of hydrogen-bond acceptors (Lipinski definition) is 4. The van der Waals surface area contributed by atoms with Crippen molar-refractivity contribution in [2.75, 3.05) is 44.7 Å². The summed E-state index contributed by atoms with van der Waals surface area (Å²) in [6.07, 6.45) is -4.52. The van der Waals surface area contributed by atoms with E-state index in [1.165, 1.54) is 12.1 Å². The zero-order valence-electron chi connectivity index (χ0n) is 11.4. The molecule has 1 aromatic rings. The first-order valence-electron chi connectivity index (χ1n) is 6.66. The molecule has 7 heteroatoms. The van der Waals surface area contributed by atoms with E-state index < -0.39 is 11.7 Å². The Morgan fingerprint density at radius 3 is 2.62 bits per heavy atom. The first-order chi connectivity index (χ1) is 10.0. The van der Waals surface area contributed by atoms with Crippen molar-refractivity contribution in [3.05, 3.63) is 29.3 Å². The molecule has 0 unspecified atom stereocenters. The normalized spacial score (nSPS) is 16.5. The lowest BCUT2D eigenvalue weighted by molar-refractivity contribution is -0.137. The van der Waals surface area contributed by atoms with Gasteiger partial charge in [0.25, 0.3) is 0 Å². The number of hydrogen-bond donors (Lipinski definition) is 1. The van der Waals surface area contributed by atoms with E-state index in [4.69, 9.17) is 10.00 Å². The Labute approximate surface area is 121 Å². The van der Waals surface area contributed by atoms with Crippen molar-refractivity contribution < 1.29 is 17.9 Å². The van der Waals surface area contributed by atoms with Crippen LogP contribution in [0.2, 0.25) is 0 Å². The third-order valence-electron chi connectivity index (χ3n) is 3.31. The lowest BCUT2D eigenvalue weighted by atomic mass is 10.1. The number of nitrogens with one attached hydrogen (secondary N) is 1. The largest absolute Gasteiger partial charge is 0.417 e. The standard InChI is InChI=1S/C14H16F3N3O/c15-14(16,17)13-9-12(2-1-11(13)10-18)19-3-4-20-5-7-21-8-6-20/h1-2,9,19H,3-8H2. The summed E-state index contributed by atoms with van der Waals surface area (Å²) in [6.45, 7) is 4.34. The second-order valence-electron chi connectivity index (χ2n) is 4.75. The van der Waals surface area contributed by atoms with Crippen LogP contribution in [0, 0.1) is 11.3 Å². The van der Waals surface area contributed by atoms with Crippen LogP contribution in [0.5, 0.6) is 0 Å². The average molecular weight is 299 g/mol. The van der Waals surface area contributed by atoms with E-state index in [0.29, 0.717) is 25.4 Å². The van der Waals surface area contributed by atoms with Gasteiger partial charge in [0.1, 0.15) is 0 Å². The monoisotopic (exact) mass is 299 g/mol. The van der Waals surface area contributed by atoms with Crippen LogP contribution in [0.1, 0.15) is 11.1 Å². The van der Waals surface area contributed by atoms with Gasteiger partial charge in [-0.05, 0) is 18.2 Å². The highest BCUT2D eigenvalue weighted by Crippen LogP contribution is 2.33. The second-order valence-corrected chi connectivity index (χ2v) is 4.75. The molecule has 1 heterocycles. The van der Waals surface area contributed by atoms with Gasteiger partial charge < -0.3 is 10.1 Å². The number of ether oxygens (including phenoxy) is 1. The summed E-state index contributed by atoms with van der Waals surface area (Å²) < 4.78 is 43.7. The molecule has 1 fully saturated rings. The average Bonchev–Trinajstić information content (AvgIpc) is 2.47. The van der Waals surface area contributed by atoms with E-state index in [-0.39, 0.29) is 5.56 Å². The van der Waals surface area contributed by atoms with Gasteiger partial charge in [0, 0.05) is 31.9 Å². The van der Waals surface area contributed by atoms with Crippen LogP contribution < -0.4 is 5.32 Å². The van der Waals surface area contributed by atoms with Gasteiger partial charge in [-0.1, -0.05) is 0 Å². The quantitative estimate of drug-likeness (QED) is 0.927. The summed E-state index contributed by atoms with van der Waals surface area (Å²) in [5.74, 6) is 0. The number of halogens is 3. The molecule has 1 aromatic carbocycles. The topological polar surface area (TPSA) is 48.3 Å². The van der Waals surface area contributed by atoms with Gasteiger partial charge in [0.05, 0.1) is 30.4 Å². The lowest BCUT2D eigenvalue weighted by Crippen LogP contribution is -2.39. The Morgan fingerprint density at radius 2 is 2.00 bits per heavy atom. The summed E-state index contributed by atoms with van der Waals surface area (Å²) >= 11 is 0. The molecule has 0 amide bonds. The van der Waals surface area contributed by atoms with Crippen LogP contribution in [-0.4, -0.2) is 44.3 Å². The highest BCUT2D eigenvalue weighted by atomic mass is 19.4. The van der Waals surface area contributed by atoms with Crippen molar-refractivity contribution >= 4 is 5.69 Å². The lowest BCUT2D eigenvalue weighted by Gasteiger charge is -2.26. The molecule has 0 bridgehead atoms. The van der Waals surface area contributed by atoms with E-state index >= 15 is 0 Å². The molecule has 0 aliphatic carbocycles. The first kappa shape index (κ1) is 15.6. The molecule has 1 N–H and O–H groups in total. The van der Waals surface area contributed by atoms with Crippen molar-refractivity contribution in [3.63, 3.8) is 0 Å². The highest BCUT2D eigenvalue weighted by Gasteiger charge is 2.33. The van der Waals surface area contributed by atoms with Gasteiger partial charge in [0.15, 0.2) is 0 Å². The van der Waals surface area contributed by atoms with E-state index in [9.17, 15) is 13.2 Å². The molecule has 2 rings (SSSR count). The Balaban J connectivity index is 1.96. The van der Waals surface area contributed by atoms with Crippen molar-refractivity contribution in [1.29, 1.82) is 5.26 Å². The fourth-order valence-corrected chi connectivity index (χ4v) is 2.17. The van der Waals surface area contributed by atoms with Gasteiger partial charge in [-0.25, -0.2) is 0 Å². The molecule has 1 aliphatic rings. The zero-order chi connectivity index (χ0) is 15.3. The molecule has 0 saturated carbocycles. The molecule has 0 aromatic heterocycles. The van der Waals surface area contributed by atoms with Crippen LogP contribution in [0.4, 0.5) is 18.9 Å². The molecular formula is C14H16F3N3O. The van der Waals surface area contributed by atoms with Crippen LogP contribution in [0.15, 0.2) is 18.2 Å².